The van der Waals surface area contributed by atoms with E-state index in [4.69, 9.17) is 14.6 Å². The molecule has 0 bridgehead atoms. The van der Waals surface area contributed by atoms with Gasteiger partial charge in [-0.1, -0.05) is 13.5 Å². The summed E-state index contributed by atoms with van der Waals surface area (Å²) in [5.41, 5.74) is 0. The van der Waals surface area contributed by atoms with E-state index in [0.29, 0.717) is 6.42 Å². The summed E-state index contributed by atoms with van der Waals surface area (Å²) in [6.07, 6.45) is 1.69. The average molecular weight is 225 g/mol. The normalized spacial score (nSPS) is 11.6. The Kier molecular flexibility index (Phi) is 4.19. The minimum atomic E-state index is -0.827. The standard InChI is InChI=1S/C9H11N3O4/c1-3-6(13)15-7(4-2)16-9-11-5-10-8(14)12-9/h3,5,7H,1,4H2,2H3,(H,10,11,12,14). The third-order valence-electron chi connectivity index (χ3n) is 1.52. The van der Waals surface area contributed by atoms with Crippen LogP contribution in [0.1, 0.15) is 13.3 Å². The van der Waals surface area contributed by atoms with Gasteiger partial charge in [0.2, 0.25) is 6.29 Å². The predicted octanol–water partition coefficient (Wildman–Crippen LogP) is 0.421. The van der Waals surface area contributed by atoms with Crippen molar-refractivity contribution in [3.05, 3.63) is 19.0 Å². The van der Waals surface area contributed by atoms with Crippen molar-refractivity contribution >= 4 is 5.97 Å². The second-order valence-electron chi connectivity index (χ2n) is 2.66. The van der Waals surface area contributed by atoms with E-state index in [9.17, 15) is 4.79 Å². The summed E-state index contributed by atoms with van der Waals surface area (Å²) in [6.45, 7) is 5.01. The van der Waals surface area contributed by atoms with Crippen LogP contribution in [0.15, 0.2) is 19.0 Å². The number of ether oxygens (including phenoxy) is 2. The lowest BCUT2D eigenvalue weighted by atomic mass is 10.5. The van der Waals surface area contributed by atoms with Gasteiger partial charge < -0.3 is 14.6 Å². The smallest absolute Gasteiger partial charge is 0.333 e. The fraction of sp³-hybridized carbons (Fsp3) is 0.333. The van der Waals surface area contributed by atoms with Gasteiger partial charge in [0.25, 0.3) is 0 Å². The van der Waals surface area contributed by atoms with Crippen molar-refractivity contribution in [3.8, 4) is 12.0 Å². The van der Waals surface area contributed by atoms with Crippen molar-refractivity contribution in [3.63, 3.8) is 0 Å². The molecule has 1 rings (SSSR count). The zero-order valence-corrected chi connectivity index (χ0v) is 8.66. The Morgan fingerprint density at radius 2 is 2.44 bits per heavy atom. The number of aromatic nitrogens is 3. The molecule has 1 aromatic rings. The van der Waals surface area contributed by atoms with Crippen LogP contribution in [0, 0.1) is 0 Å². The van der Waals surface area contributed by atoms with Gasteiger partial charge in [0, 0.05) is 12.5 Å². The molecule has 1 aromatic heterocycles. The van der Waals surface area contributed by atoms with E-state index in [0.717, 1.165) is 12.4 Å². The number of hydrogen-bond donors (Lipinski definition) is 1. The minimum Gasteiger partial charge on any atom is -0.479 e. The molecular formula is C9H11N3O4. The molecule has 0 fully saturated rings. The molecule has 1 heterocycles. The van der Waals surface area contributed by atoms with Crippen LogP contribution in [0.4, 0.5) is 0 Å². The van der Waals surface area contributed by atoms with Crippen LogP contribution in [-0.4, -0.2) is 32.3 Å². The van der Waals surface area contributed by atoms with E-state index in [-0.39, 0.29) is 6.01 Å². The second kappa shape index (κ2) is 5.64. The quantitative estimate of drug-likeness (QED) is 0.440. The highest BCUT2D eigenvalue weighted by atomic mass is 16.7. The molecule has 0 saturated heterocycles. The van der Waals surface area contributed by atoms with Gasteiger partial charge in [0.05, 0.1) is 0 Å². The molecule has 0 spiro atoms. The molecule has 0 aromatic carbocycles. The highest BCUT2D eigenvalue weighted by Crippen LogP contribution is 2.09. The molecule has 0 aliphatic carbocycles. The highest BCUT2D eigenvalue weighted by molar-refractivity contribution is 5.81. The molecule has 7 nitrogen and oxygen atoms in total. The van der Waals surface area contributed by atoms with Crippen molar-refractivity contribution in [2.45, 2.75) is 19.6 Å². The maximum atomic E-state index is 10.9. The third-order valence-corrected chi connectivity index (χ3v) is 1.52. The Morgan fingerprint density at radius 1 is 1.69 bits per heavy atom. The molecule has 1 N–H and O–H groups in total. The first kappa shape index (κ1) is 11.9. The Hall–Kier alpha value is -2.18. The lowest BCUT2D eigenvalue weighted by molar-refractivity contribution is -0.158. The summed E-state index contributed by atoms with van der Waals surface area (Å²) in [7, 11) is 0. The molecule has 0 amide bonds. The Morgan fingerprint density at radius 3 is 3.00 bits per heavy atom. The maximum absolute atomic E-state index is 10.9. The number of hydrogen-bond acceptors (Lipinski definition) is 7. The van der Waals surface area contributed by atoms with E-state index in [2.05, 4.69) is 21.5 Å². The van der Waals surface area contributed by atoms with Gasteiger partial charge in [-0.3, -0.25) is 0 Å². The Balaban J connectivity index is 2.62. The molecular weight excluding hydrogens is 214 g/mol. The van der Waals surface area contributed by atoms with Crippen molar-refractivity contribution in [2.75, 3.05) is 0 Å². The van der Waals surface area contributed by atoms with Gasteiger partial charge in [-0.15, -0.1) is 4.98 Å². The van der Waals surface area contributed by atoms with E-state index in [1.165, 1.54) is 0 Å². The average Bonchev–Trinajstić information content (AvgIpc) is 2.28. The summed E-state index contributed by atoms with van der Waals surface area (Å²) in [5, 5.41) is 8.96. The summed E-state index contributed by atoms with van der Waals surface area (Å²) < 4.78 is 9.94. The Labute approximate surface area is 91.8 Å². The molecule has 0 radical (unpaired) electrons. The lowest BCUT2D eigenvalue weighted by Crippen LogP contribution is -2.23. The summed E-state index contributed by atoms with van der Waals surface area (Å²) in [5.74, 6) is -0.606. The summed E-state index contributed by atoms with van der Waals surface area (Å²) in [6, 6.07) is -0.578. The largest absolute Gasteiger partial charge is 0.479 e. The van der Waals surface area contributed by atoms with Gasteiger partial charge in [-0.25, -0.2) is 4.79 Å². The van der Waals surface area contributed by atoms with E-state index in [1.54, 1.807) is 6.92 Å². The fourth-order valence-corrected chi connectivity index (χ4v) is 0.816. The zero-order chi connectivity index (χ0) is 12.0. The lowest BCUT2D eigenvalue weighted by Gasteiger charge is -2.14. The first-order chi connectivity index (χ1) is 7.65. The van der Waals surface area contributed by atoms with Gasteiger partial charge in [-0.05, 0) is 0 Å². The monoisotopic (exact) mass is 225 g/mol. The first-order valence-electron chi connectivity index (χ1n) is 4.53. The van der Waals surface area contributed by atoms with Crippen LogP contribution >= 0.6 is 0 Å². The van der Waals surface area contributed by atoms with Crippen molar-refractivity contribution < 1.29 is 19.4 Å². The zero-order valence-electron chi connectivity index (χ0n) is 8.66. The maximum Gasteiger partial charge on any atom is 0.333 e. The van der Waals surface area contributed by atoms with E-state index < -0.39 is 18.3 Å². The molecule has 0 saturated carbocycles. The van der Waals surface area contributed by atoms with Crippen LogP contribution in [-0.2, 0) is 9.53 Å². The summed E-state index contributed by atoms with van der Waals surface area (Å²) in [4.78, 5) is 21.4. The topological polar surface area (TPSA) is 94.4 Å². The number of carbonyl (C=O) groups excluding carboxylic acids is 1. The SMILES string of the molecule is C=CC(=O)OC(CC)Oc1ncnc(O)n1. The third kappa shape index (κ3) is 3.52. The molecule has 0 aliphatic rings. The van der Waals surface area contributed by atoms with Gasteiger partial charge in [0.1, 0.15) is 6.33 Å². The molecule has 1 atom stereocenters. The molecule has 0 aliphatic heterocycles. The predicted molar refractivity (Wildman–Crippen MR) is 52.5 cm³/mol. The first-order valence-corrected chi connectivity index (χ1v) is 4.53. The summed E-state index contributed by atoms with van der Waals surface area (Å²) >= 11 is 0. The number of carbonyl (C=O) groups is 1. The molecule has 16 heavy (non-hydrogen) atoms. The fourth-order valence-electron chi connectivity index (χ4n) is 0.816. The molecule has 86 valence electrons. The van der Waals surface area contributed by atoms with Gasteiger partial charge in [-0.2, -0.15) is 9.97 Å². The van der Waals surface area contributed by atoms with Crippen LogP contribution in [0.5, 0.6) is 12.0 Å². The van der Waals surface area contributed by atoms with Crippen LogP contribution in [0.3, 0.4) is 0 Å². The number of aromatic hydroxyl groups is 1. The van der Waals surface area contributed by atoms with E-state index >= 15 is 0 Å². The molecule has 1 unspecified atom stereocenters. The van der Waals surface area contributed by atoms with Crippen molar-refractivity contribution in [1.82, 2.24) is 15.0 Å². The minimum absolute atomic E-state index is 0.115. The van der Waals surface area contributed by atoms with Crippen molar-refractivity contribution in [1.29, 1.82) is 0 Å². The van der Waals surface area contributed by atoms with Crippen LogP contribution < -0.4 is 4.74 Å². The number of esters is 1. The van der Waals surface area contributed by atoms with Gasteiger partial charge >= 0.3 is 18.0 Å². The van der Waals surface area contributed by atoms with E-state index in [1.807, 2.05) is 0 Å². The van der Waals surface area contributed by atoms with Crippen molar-refractivity contribution in [2.24, 2.45) is 0 Å². The second-order valence-corrected chi connectivity index (χ2v) is 2.66. The van der Waals surface area contributed by atoms with Crippen LogP contribution in [0.2, 0.25) is 0 Å². The number of nitrogens with zero attached hydrogens (tertiary/aromatic N) is 3. The van der Waals surface area contributed by atoms with Crippen LogP contribution in [0.25, 0.3) is 0 Å². The number of rotatable bonds is 5. The highest BCUT2D eigenvalue weighted by Gasteiger charge is 2.13. The Bertz CT molecular complexity index is 383. The van der Waals surface area contributed by atoms with Gasteiger partial charge in [0.15, 0.2) is 0 Å². The molecule has 7 heteroatoms.